The lowest BCUT2D eigenvalue weighted by molar-refractivity contribution is -0.274. The second-order valence-electron chi connectivity index (χ2n) is 4.66. The van der Waals surface area contributed by atoms with Crippen molar-refractivity contribution >= 4 is 28.5 Å². The monoisotopic (exact) mass is 357 g/mol. The van der Waals surface area contributed by atoms with Crippen LogP contribution in [0.2, 0.25) is 0 Å². The van der Waals surface area contributed by atoms with E-state index in [-0.39, 0.29) is 11.3 Å². The summed E-state index contributed by atoms with van der Waals surface area (Å²) in [6.45, 7) is 0. The van der Waals surface area contributed by atoms with Crippen LogP contribution in [-0.2, 0) is 5.75 Å². The Labute approximate surface area is 139 Å². The molecule has 0 atom stereocenters. The fraction of sp³-hybridized carbons (Fsp3) is 0.125. The lowest BCUT2D eigenvalue weighted by Gasteiger charge is -2.08. The van der Waals surface area contributed by atoms with Crippen molar-refractivity contribution in [2.75, 3.05) is 5.32 Å². The number of hydrogen-bond donors (Lipinski definition) is 3. The molecule has 0 unspecified atom stereocenters. The van der Waals surface area contributed by atoms with Crippen molar-refractivity contribution in [1.82, 2.24) is 0 Å². The molecule has 0 aliphatic heterocycles. The second kappa shape index (κ2) is 7.87. The summed E-state index contributed by atoms with van der Waals surface area (Å²) in [5.41, 5.74) is 3.15. The van der Waals surface area contributed by atoms with Gasteiger partial charge in [0.05, 0.1) is 11.3 Å². The maximum absolute atomic E-state index is 12.1. The van der Waals surface area contributed by atoms with Gasteiger partial charge in [0, 0.05) is 11.2 Å². The average molecular weight is 357 g/mol. The lowest BCUT2D eigenvalue weighted by atomic mass is 10.2. The largest absolute Gasteiger partial charge is 0.573 e. The van der Waals surface area contributed by atoms with Gasteiger partial charge in [-0.15, -0.1) is 13.2 Å². The lowest BCUT2D eigenvalue weighted by Crippen LogP contribution is -2.16. The van der Waals surface area contributed by atoms with Crippen molar-refractivity contribution < 1.29 is 27.8 Å². The Morgan fingerprint density at radius 3 is 2.46 bits per heavy atom. The summed E-state index contributed by atoms with van der Waals surface area (Å²) < 4.78 is 40.0. The SMILES string of the molecule is O=C(O)c1ccccc1NC=[SH]Cc1ccc(OC(F)(F)F)cc1. The van der Waals surface area contributed by atoms with Crippen LogP contribution in [0.3, 0.4) is 0 Å². The zero-order valence-electron chi connectivity index (χ0n) is 12.2. The maximum atomic E-state index is 12.1. The van der Waals surface area contributed by atoms with E-state index in [1.165, 1.54) is 18.2 Å². The quantitative estimate of drug-likeness (QED) is 0.538. The van der Waals surface area contributed by atoms with E-state index in [1.54, 1.807) is 35.8 Å². The Balaban J connectivity index is 1.92. The van der Waals surface area contributed by atoms with Gasteiger partial charge in [0.25, 0.3) is 0 Å². The van der Waals surface area contributed by atoms with E-state index in [4.69, 9.17) is 5.11 Å². The molecule has 2 aromatic rings. The Morgan fingerprint density at radius 1 is 1.17 bits per heavy atom. The Bertz CT molecular complexity index is 730. The molecule has 0 saturated heterocycles. The maximum Gasteiger partial charge on any atom is 0.573 e. The highest BCUT2D eigenvalue weighted by atomic mass is 32.1. The summed E-state index contributed by atoms with van der Waals surface area (Å²) in [4.78, 5) is 11.1. The van der Waals surface area contributed by atoms with Crippen LogP contribution < -0.4 is 10.1 Å². The number of anilines is 1. The smallest absolute Gasteiger partial charge is 0.478 e. The van der Waals surface area contributed by atoms with E-state index in [9.17, 15) is 18.0 Å². The standard InChI is InChI=1S/C16H14F3NO3S/c17-16(18,19)23-12-7-5-11(6-8-12)9-24-10-20-14-4-2-1-3-13(14)15(21)22/h1-8,10,20,24H,9H2,(H,21,22). The predicted octanol–water partition coefficient (Wildman–Crippen LogP) is 4.12. The van der Waals surface area contributed by atoms with Crippen LogP contribution in [-0.4, -0.2) is 22.9 Å². The highest BCUT2D eigenvalue weighted by Crippen LogP contribution is 2.23. The molecule has 24 heavy (non-hydrogen) atoms. The third-order valence-corrected chi connectivity index (χ3v) is 3.76. The highest BCUT2D eigenvalue weighted by Gasteiger charge is 2.30. The molecule has 0 radical (unpaired) electrons. The Kier molecular flexibility index (Phi) is 5.86. The third-order valence-electron chi connectivity index (χ3n) is 2.90. The molecule has 2 N–H and O–H groups in total. The van der Waals surface area contributed by atoms with Crippen molar-refractivity contribution in [3.63, 3.8) is 0 Å². The number of benzene rings is 2. The number of alkyl halides is 3. The fourth-order valence-electron chi connectivity index (χ4n) is 1.86. The molecule has 2 rings (SSSR count). The van der Waals surface area contributed by atoms with Crippen LogP contribution in [0, 0.1) is 0 Å². The number of carboxylic acid groups (broad SMARTS) is 1. The number of nitrogens with one attached hydrogen (secondary N) is 1. The van der Waals surface area contributed by atoms with Gasteiger partial charge in [0.15, 0.2) is 0 Å². The van der Waals surface area contributed by atoms with Gasteiger partial charge in [-0.2, -0.15) is 11.4 Å². The molecule has 0 aliphatic carbocycles. The minimum absolute atomic E-state index is 0.164. The van der Waals surface area contributed by atoms with E-state index >= 15 is 0 Å². The number of halogens is 3. The third kappa shape index (κ3) is 5.62. The van der Waals surface area contributed by atoms with Crippen LogP contribution in [0.25, 0.3) is 0 Å². The molecule has 0 saturated carbocycles. The van der Waals surface area contributed by atoms with Crippen molar-refractivity contribution in [3.05, 3.63) is 59.7 Å². The highest BCUT2D eigenvalue weighted by molar-refractivity contribution is 7.96. The van der Waals surface area contributed by atoms with Crippen LogP contribution in [0.1, 0.15) is 15.9 Å². The van der Waals surface area contributed by atoms with Crippen molar-refractivity contribution in [2.24, 2.45) is 0 Å². The van der Waals surface area contributed by atoms with E-state index in [0.717, 1.165) is 16.9 Å². The predicted molar refractivity (Wildman–Crippen MR) is 88.9 cm³/mol. The number of ether oxygens (including phenoxy) is 1. The summed E-state index contributed by atoms with van der Waals surface area (Å²) in [5.74, 6) is -0.724. The first kappa shape index (κ1) is 17.9. The molecule has 2 aromatic carbocycles. The second-order valence-corrected chi connectivity index (χ2v) is 5.60. The number of para-hydroxylation sites is 1. The van der Waals surface area contributed by atoms with Gasteiger partial charge in [-0.25, -0.2) is 4.79 Å². The van der Waals surface area contributed by atoms with E-state index in [1.807, 2.05) is 0 Å². The van der Waals surface area contributed by atoms with Gasteiger partial charge in [-0.05, 0) is 29.8 Å². The van der Waals surface area contributed by atoms with Crippen molar-refractivity contribution in [1.29, 1.82) is 0 Å². The van der Waals surface area contributed by atoms with E-state index in [2.05, 4.69) is 10.1 Å². The van der Waals surface area contributed by atoms with Crippen LogP contribution in [0.4, 0.5) is 18.9 Å². The summed E-state index contributed by atoms with van der Waals surface area (Å²) in [5, 5.41) is 12.0. The Hall–Kier alpha value is -2.48. The zero-order chi connectivity index (χ0) is 17.6. The van der Waals surface area contributed by atoms with Crippen molar-refractivity contribution in [2.45, 2.75) is 12.1 Å². The first-order valence-electron chi connectivity index (χ1n) is 6.77. The normalized spacial score (nSPS) is 11.8. The molecule has 0 spiro atoms. The van der Waals surface area contributed by atoms with Gasteiger partial charge in [0.1, 0.15) is 5.75 Å². The molecule has 0 amide bonds. The number of thiol groups is 1. The van der Waals surface area contributed by atoms with Gasteiger partial charge in [0.2, 0.25) is 0 Å². The van der Waals surface area contributed by atoms with Crippen molar-refractivity contribution in [3.8, 4) is 5.75 Å². The van der Waals surface area contributed by atoms with E-state index < -0.39 is 12.3 Å². The average Bonchev–Trinajstić information content (AvgIpc) is 2.52. The van der Waals surface area contributed by atoms with Gasteiger partial charge >= 0.3 is 12.3 Å². The summed E-state index contributed by atoms with van der Waals surface area (Å²) >= 11 is 0.834. The minimum atomic E-state index is -4.70. The van der Waals surface area contributed by atoms with Gasteiger partial charge in [-0.1, -0.05) is 24.3 Å². The van der Waals surface area contributed by atoms with Crippen LogP contribution >= 0.6 is 11.4 Å². The summed E-state index contributed by atoms with van der Waals surface area (Å²) in [6, 6.07) is 12.1. The Morgan fingerprint density at radius 2 is 1.83 bits per heavy atom. The van der Waals surface area contributed by atoms with E-state index in [0.29, 0.717) is 11.4 Å². The molecule has 4 nitrogen and oxygen atoms in total. The molecule has 0 heterocycles. The summed E-state index contributed by atoms with van der Waals surface area (Å²) in [6.07, 6.45) is -4.70. The molecule has 0 fully saturated rings. The summed E-state index contributed by atoms with van der Waals surface area (Å²) in [7, 11) is 0. The van der Waals surface area contributed by atoms with Gasteiger partial charge in [-0.3, -0.25) is 0 Å². The molecule has 8 heteroatoms. The minimum Gasteiger partial charge on any atom is -0.478 e. The number of rotatable bonds is 6. The molecule has 0 bridgehead atoms. The number of aromatic carboxylic acids is 1. The molecule has 0 aromatic heterocycles. The first-order valence-corrected chi connectivity index (χ1v) is 7.92. The molecule has 0 aliphatic rings. The molecular weight excluding hydrogens is 343 g/mol. The molecular formula is C16H14F3NO3S. The topological polar surface area (TPSA) is 58.6 Å². The van der Waals surface area contributed by atoms with Crippen LogP contribution in [0.15, 0.2) is 48.5 Å². The molecule has 128 valence electrons. The zero-order valence-corrected chi connectivity index (χ0v) is 13.1. The first-order chi connectivity index (χ1) is 11.3. The number of carboxylic acids is 1. The van der Waals surface area contributed by atoms with Crippen LogP contribution in [0.5, 0.6) is 5.75 Å². The number of hydrogen-bond acceptors (Lipinski definition) is 2. The van der Waals surface area contributed by atoms with Gasteiger partial charge < -0.3 is 15.2 Å². The fourth-order valence-corrected chi connectivity index (χ4v) is 2.60. The number of carbonyl (C=O) groups is 1.